The molecule has 3 N–H and O–H groups in total. The van der Waals surface area contributed by atoms with Crippen LogP contribution >= 0.6 is 24.0 Å². The van der Waals surface area contributed by atoms with Gasteiger partial charge in [-0.1, -0.05) is 24.3 Å². The predicted octanol–water partition coefficient (Wildman–Crippen LogP) is 3.38. The van der Waals surface area contributed by atoms with Gasteiger partial charge in [-0.15, -0.1) is 12.4 Å². The molecule has 1 amide bonds. The lowest BCUT2D eigenvalue weighted by molar-refractivity contribution is -0.154. The molecule has 0 aliphatic heterocycles. The normalized spacial score (nSPS) is 9.16. The molecule has 0 spiro atoms. The quantitative estimate of drug-likeness (QED) is 0.275. The summed E-state index contributed by atoms with van der Waals surface area (Å²) in [5.74, 6) is -1.05. The Kier molecular flexibility index (Phi) is 20.0. The van der Waals surface area contributed by atoms with Crippen LogP contribution in [0, 0.1) is 13.8 Å². The van der Waals surface area contributed by atoms with Gasteiger partial charge < -0.3 is 30.0 Å². The first-order chi connectivity index (χ1) is 17.5. The maximum absolute atomic E-state index is 11.3. The molecule has 2 rings (SSSR count). The number of esters is 2. The van der Waals surface area contributed by atoms with Crippen molar-refractivity contribution in [2.45, 2.75) is 40.8 Å². The number of aryl methyl sites for hydroxylation is 2. The topological polar surface area (TPSA) is 143 Å². The molecule has 0 radical (unpaired) electrons. The van der Waals surface area contributed by atoms with Crippen LogP contribution in [0.4, 0.5) is 0 Å². The van der Waals surface area contributed by atoms with E-state index in [0.717, 1.165) is 22.4 Å². The highest BCUT2D eigenvalue weighted by molar-refractivity contribution is 6.80. The number of carbonyl (C=O) groups excluding carboxylic acids is 4. The first kappa shape index (κ1) is 36.8. The van der Waals surface area contributed by atoms with Crippen LogP contribution in [0.3, 0.4) is 0 Å². The van der Waals surface area contributed by atoms with Gasteiger partial charge in [-0.3, -0.25) is 9.59 Å². The molecule has 0 atom stereocenters. The zero-order chi connectivity index (χ0) is 28.4. The van der Waals surface area contributed by atoms with Crippen molar-refractivity contribution in [1.82, 2.24) is 5.32 Å². The lowest BCUT2D eigenvalue weighted by Gasteiger charge is -2.10. The number of nitrogens with one attached hydrogen (secondary N) is 1. The first-order valence-corrected chi connectivity index (χ1v) is 11.7. The smallest absolute Gasteiger partial charge is 0.396 e. The van der Waals surface area contributed by atoms with Gasteiger partial charge in [0, 0.05) is 24.2 Å². The monoisotopic (exact) mass is 574 g/mol. The van der Waals surface area contributed by atoms with E-state index < -0.39 is 23.1 Å². The molecule has 0 fully saturated rings. The molecule has 0 aromatic heterocycles. The van der Waals surface area contributed by atoms with Crippen molar-refractivity contribution in [2.75, 3.05) is 27.4 Å². The minimum absolute atomic E-state index is 0. The second kappa shape index (κ2) is 20.7. The number of carbonyl (C=O) groups is 4. The molecule has 0 unspecified atom stereocenters. The third-order valence-corrected chi connectivity index (χ3v) is 4.60. The standard InChI is InChI=1S/C13H17NO4.C9H13NO.C4H5ClO3.ClH/c1-4-18-13(16)12(15)14-8-10-6-5-9(2)7-11(10)17-3;1-7-3-4-8(6-10)9(5-7)11-2;1-2-8-4(7)3(5)6;/h5-7H,4,8H2,1-3H3,(H,14,15);3-5H,6,10H2,1-2H3;2H2,1H3;1H. The van der Waals surface area contributed by atoms with Crippen LogP contribution in [0.25, 0.3) is 0 Å². The molecule has 2 aromatic rings. The van der Waals surface area contributed by atoms with Crippen LogP contribution in [0.5, 0.6) is 11.5 Å². The van der Waals surface area contributed by atoms with Gasteiger partial charge in [-0.05, 0) is 62.6 Å². The molecule has 0 heterocycles. The Balaban J connectivity index is 0. The van der Waals surface area contributed by atoms with Crippen molar-refractivity contribution in [3.8, 4) is 11.5 Å². The van der Waals surface area contributed by atoms with Crippen LogP contribution in [0.2, 0.25) is 0 Å². The number of hydrogen-bond donors (Lipinski definition) is 2. The largest absolute Gasteiger partial charge is 0.496 e. The third kappa shape index (κ3) is 14.4. The number of rotatable bonds is 8. The molecular weight excluding hydrogens is 539 g/mol. The Morgan fingerprint density at radius 1 is 0.816 bits per heavy atom. The van der Waals surface area contributed by atoms with Crippen molar-refractivity contribution in [2.24, 2.45) is 5.73 Å². The number of nitrogens with two attached hydrogens (primary N) is 1. The van der Waals surface area contributed by atoms with Gasteiger partial charge >= 0.3 is 23.1 Å². The summed E-state index contributed by atoms with van der Waals surface area (Å²) in [5, 5.41) is 1.41. The van der Waals surface area contributed by atoms with Crippen LogP contribution in [-0.2, 0) is 41.7 Å². The molecule has 0 saturated carbocycles. The molecular formula is C26H36Cl2N2O8. The number of halogens is 2. The zero-order valence-electron chi connectivity index (χ0n) is 22.4. The van der Waals surface area contributed by atoms with Gasteiger partial charge in [0.15, 0.2) is 0 Å². The second-order valence-corrected chi connectivity index (χ2v) is 7.58. The number of benzene rings is 2. The van der Waals surface area contributed by atoms with E-state index in [2.05, 4.69) is 14.8 Å². The van der Waals surface area contributed by atoms with E-state index in [-0.39, 0.29) is 32.2 Å². The van der Waals surface area contributed by atoms with Crippen molar-refractivity contribution >= 4 is 47.1 Å². The van der Waals surface area contributed by atoms with E-state index in [4.69, 9.17) is 26.8 Å². The average Bonchev–Trinajstić information content (AvgIpc) is 2.88. The Bertz CT molecular complexity index is 1050. The van der Waals surface area contributed by atoms with E-state index in [1.807, 2.05) is 50.2 Å². The molecule has 38 heavy (non-hydrogen) atoms. The highest BCUT2D eigenvalue weighted by atomic mass is 35.5. The van der Waals surface area contributed by atoms with Crippen molar-refractivity contribution in [3.63, 3.8) is 0 Å². The summed E-state index contributed by atoms with van der Waals surface area (Å²) >= 11 is 4.69. The van der Waals surface area contributed by atoms with E-state index in [0.29, 0.717) is 12.3 Å². The second-order valence-electron chi connectivity index (χ2n) is 7.23. The van der Waals surface area contributed by atoms with Crippen LogP contribution in [0.15, 0.2) is 36.4 Å². The minimum atomic E-state index is -1.08. The number of methoxy groups -OCH3 is 2. The highest BCUT2D eigenvalue weighted by Crippen LogP contribution is 2.20. The fourth-order valence-electron chi connectivity index (χ4n) is 2.65. The van der Waals surface area contributed by atoms with Gasteiger partial charge in [-0.25, -0.2) is 9.59 Å². The minimum Gasteiger partial charge on any atom is -0.496 e. The number of ether oxygens (including phenoxy) is 4. The van der Waals surface area contributed by atoms with E-state index in [9.17, 15) is 19.2 Å². The van der Waals surface area contributed by atoms with Crippen molar-refractivity contribution in [1.29, 1.82) is 0 Å². The van der Waals surface area contributed by atoms with Gasteiger partial charge in [0.25, 0.3) is 0 Å². The molecule has 212 valence electrons. The van der Waals surface area contributed by atoms with Gasteiger partial charge in [-0.2, -0.15) is 0 Å². The van der Waals surface area contributed by atoms with Gasteiger partial charge in [0.2, 0.25) is 0 Å². The number of hydrogen-bond acceptors (Lipinski definition) is 9. The van der Waals surface area contributed by atoms with Gasteiger partial charge in [0.1, 0.15) is 11.5 Å². The summed E-state index contributed by atoms with van der Waals surface area (Å²) in [6.07, 6.45) is 0. The van der Waals surface area contributed by atoms with Crippen molar-refractivity contribution < 1.29 is 38.1 Å². The summed E-state index contributed by atoms with van der Waals surface area (Å²) in [7, 11) is 3.22. The molecule has 0 bridgehead atoms. The maximum Gasteiger partial charge on any atom is 0.396 e. The third-order valence-electron chi connectivity index (χ3n) is 4.44. The first-order valence-electron chi connectivity index (χ1n) is 11.3. The number of amides is 1. The van der Waals surface area contributed by atoms with E-state index in [1.165, 1.54) is 5.56 Å². The van der Waals surface area contributed by atoms with Gasteiger partial charge in [0.05, 0.1) is 27.4 Å². The predicted molar refractivity (Wildman–Crippen MR) is 147 cm³/mol. The summed E-state index contributed by atoms with van der Waals surface area (Å²) in [6, 6.07) is 11.6. The van der Waals surface area contributed by atoms with Crippen molar-refractivity contribution in [3.05, 3.63) is 58.7 Å². The Morgan fingerprint density at radius 2 is 1.26 bits per heavy atom. The molecule has 0 aliphatic rings. The zero-order valence-corrected chi connectivity index (χ0v) is 24.0. The fourth-order valence-corrected chi connectivity index (χ4v) is 2.70. The summed E-state index contributed by atoms with van der Waals surface area (Å²) in [4.78, 5) is 42.3. The van der Waals surface area contributed by atoms with Crippen LogP contribution in [0.1, 0.15) is 36.1 Å². The Hall–Kier alpha value is -3.34. The summed E-state index contributed by atoms with van der Waals surface area (Å²) in [5.41, 5.74) is 9.61. The molecule has 12 heteroatoms. The molecule has 10 nitrogen and oxygen atoms in total. The SMILES string of the molecule is CCOC(=O)C(=O)Cl.CCOC(=O)C(=O)NCc1ccc(C)cc1OC.COc1cc(C)ccc1CN.Cl. The highest BCUT2D eigenvalue weighted by Gasteiger charge is 2.14. The average molecular weight is 575 g/mol. The lowest BCUT2D eigenvalue weighted by Crippen LogP contribution is -2.32. The lowest BCUT2D eigenvalue weighted by atomic mass is 10.1. The summed E-state index contributed by atoms with van der Waals surface area (Å²) < 4.78 is 19.1. The van der Waals surface area contributed by atoms with Crippen LogP contribution in [-0.4, -0.2) is 50.5 Å². The summed E-state index contributed by atoms with van der Waals surface area (Å²) in [6.45, 7) is 8.33. The maximum atomic E-state index is 11.3. The molecule has 2 aromatic carbocycles. The Labute approximate surface area is 234 Å². The van der Waals surface area contributed by atoms with Crippen LogP contribution < -0.4 is 20.5 Å². The fraction of sp³-hybridized carbons (Fsp3) is 0.385. The molecule has 0 aliphatic carbocycles. The molecule has 0 saturated heterocycles. The Morgan fingerprint density at radius 3 is 1.66 bits per heavy atom. The van der Waals surface area contributed by atoms with E-state index >= 15 is 0 Å². The van der Waals surface area contributed by atoms with E-state index in [1.54, 1.807) is 28.1 Å².